The first-order valence-corrected chi connectivity index (χ1v) is 7.58. The van der Waals surface area contributed by atoms with Crippen LogP contribution < -0.4 is 4.90 Å². The van der Waals surface area contributed by atoms with Gasteiger partial charge in [-0.15, -0.1) is 0 Å². The van der Waals surface area contributed by atoms with Crippen LogP contribution in [-0.2, 0) is 13.5 Å². The van der Waals surface area contributed by atoms with Crippen molar-refractivity contribution in [1.82, 2.24) is 24.5 Å². The summed E-state index contributed by atoms with van der Waals surface area (Å²) in [4.78, 5) is 20.1. The van der Waals surface area contributed by atoms with Gasteiger partial charge in [-0.3, -0.25) is 4.98 Å². The zero-order valence-electron chi connectivity index (χ0n) is 12.6. The summed E-state index contributed by atoms with van der Waals surface area (Å²) in [5.74, 6) is 1.40. The molecule has 0 aliphatic carbocycles. The molecule has 1 aliphatic heterocycles. The fourth-order valence-corrected chi connectivity index (χ4v) is 3.05. The molecule has 0 spiro atoms. The topological polar surface area (TPSA) is 59.7 Å². The summed E-state index contributed by atoms with van der Waals surface area (Å²) in [5, 5.41) is 0. The maximum Gasteiger partial charge on any atom is 0.227 e. The summed E-state index contributed by atoms with van der Waals surface area (Å²) in [7, 11) is 1.96. The third-order valence-electron chi connectivity index (χ3n) is 4.26. The highest BCUT2D eigenvalue weighted by Crippen LogP contribution is 2.24. The van der Waals surface area contributed by atoms with Crippen molar-refractivity contribution in [3.05, 3.63) is 42.6 Å². The van der Waals surface area contributed by atoms with E-state index in [1.165, 1.54) is 0 Å². The fraction of sp³-hybridized carbons (Fsp3) is 0.375. The second-order valence-corrected chi connectivity index (χ2v) is 5.86. The van der Waals surface area contributed by atoms with Crippen molar-refractivity contribution >= 4 is 17.1 Å². The smallest absolute Gasteiger partial charge is 0.227 e. The Balaban J connectivity index is 1.49. The van der Waals surface area contributed by atoms with Gasteiger partial charge in [0.2, 0.25) is 5.95 Å². The molecule has 0 amide bonds. The predicted octanol–water partition coefficient (Wildman–Crippen LogP) is 1.83. The van der Waals surface area contributed by atoms with E-state index in [9.17, 15) is 0 Å². The summed E-state index contributed by atoms with van der Waals surface area (Å²) >= 11 is 0. The van der Waals surface area contributed by atoms with Crippen LogP contribution in [0.25, 0.3) is 11.2 Å². The van der Waals surface area contributed by atoms with Crippen LogP contribution >= 0.6 is 0 Å². The number of pyridine rings is 1. The lowest BCUT2D eigenvalue weighted by Gasteiger charge is -2.16. The molecule has 4 heterocycles. The number of anilines is 1. The summed E-state index contributed by atoms with van der Waals surface area (Å²) in [6.45, 7) is 1.98. The largest absolute Gasteiger partial charge is 0.340 e. The lowest BCUT2D eigenvalue weighted by Crippen LogP contribution is -2.22. The lowest BCUT2D eigenvalue weighted by molar-refractivity contribution is 0.577. The quantitative estimate of drug-likeness (QED) is 0.737. The number of rotatable bonds is 3. The summed E-state index contributed by atoms with van der Waals surface area (Å²) in [6, 6.07) is 6.10. The van der Waals surface area contributed by atoms with Crippen LogP contribution in [0.2, 0.25) is 0 Å². The average Bonchev–Trinajstić information content (AvgIpc) is 3.15. The Kier molecular flexibility index (Phi) is 3.21. The van der Waals surface area contributed by atoms with Gasteiger partial charge in [-0.2, -0.15) is 4.98 Å². The Bertz CT molecular complexity index is 782. The molecule has 6 heteroatoms. The molecule has 0 N–H and O–H groups in total. The number of hydrogen-bond donors (Lipinski definition) is 0. The Labute approximate surface area is 128 Å². The highest BCUT2D eigenvalue weighted by atomic mass is 15.3. The van der Waals surface area contributed by atoms with Gasteiger partial charge in [0.1, 0.15) is 5.52 Å². The molecule has 0 bridgehead atoms. The second kappa shape index (κ2) is 5.36. The maximum atomic E-state index is 4.59. The Morgan fingerprint density at radius 3 is 3.05 bits per heavy atom. The van der Waals surface area contributed by atoms with Crippen LogP contribution in [0.15, 0.2) is 36.9 Å². The normalized spacial score (nSPS) is 18.2. The first-order valence-electron chi connectivity index (χ1n) is 7.58. The minimum absolute atomic E-state index is 0.609. The molecular weight excluding hydrogens is 276 g/mol. The lowest BCUT2D eigenvalue weighted by atomic mass is 10.0. The molecule has 0 radical (unpaired) electrons. The molecule has 0 saturated carbocycles. The molecular formula is C16H18N6. The van der Waals surface area contributed by atoms with Gasteiger partial charge in [0.25, 0.3) is 0 Å². The van der Waals surface area contributed by atoms with Gasteiger partial charge in [0.15, 0.2) is 5.65 Å². The van der Waals surface area contributed by atoms with Gasteiger partial charge in [-0.25, -0.2) is 9.97 Å². The van der Waals surface area contributed by atoms with Crippen molar-refractivity contribution in [3.8, 4) is 0 Å². The van der Waals surface area contributed by atoms with Crippen molar-refractivity contribution in [2.45, 2.75) is 12.8 Å². The van der Waals surface area contributed by atoms with Gasteiger partial charge in [-0.1, -0.05) is 6.07 Å². The monoisotopic (exact) mass is 294 g/mol. The molecule has 3 aromatic rings. The molecule has 0 aromatic carbocycles. The number of nitrogens with zero attached hydrogens (tertiary/aromatic N) is 6. The van der Waals surface area contributed by atoms with Crippen LogP contribution in [0.5, 0.6) is 0 Å². The molecule has 3 aromatic heterocycles. The summed E-state index contributed by atoms with van der Waals surface area (Å²) in [6.07, 6.45) is 7.66. The van der Waals surface area contributed by atoms with Crippen molar-refractivity contribution in [3.63, 3.8) is 0 Å². The second-order valence-electron chi connectivity index (χ2n) is 5.86. The van der Waals surface area contributed by atoms with Crippen LogP contribution in [0.3, 0.4) is 0 Å². The third kappa shape index (κ3) is 2.41. The van der Waals surface area contributed by atoms with Crippen LogP contribution in [0.1, 0.15) is 12.1 Å². The molecule has 1 atom stereocenters. The van der Waals surface area contributed by atoms with E-state index in [1.807, 2.05) is 36.1 Å². The minimum Gasteiger partial charge on any atom is -0.340 e. The van der Waals surface area contributed by atoms with Gasteiger partial charge in [0, 0.05) is 32.0 Å². The number of hydrogen-bond acceptors (Lipinski definition) is 5. The van der Waals surface area contributed by atoms with Crippen LogP contribution in [-0.4, -0.2) is 37.6 Å². The van der Waals surface area contributed by atoms with E-state index >= 15 is 0 Å². The van der Waals surface area contributed by atoms with E-state index in [1.54, 1.807) is 6.33 Å². The van der Waals surface area contributed by atoms with Crippen LogP contribution in [0, 0.1) is 5.92 Å². The van der Waals surface area contributed by atoms with Crippen molar-refractivity contribution in [1.29, 1.82) is 0 Å². The predicted molar refractivity (Wildman–Crippen MR) is 84.6 cm³/mol. The van der Waals surface area contributed by atoms with Gasteiger partial charge in [-0.05, 0) is 30.9 Å². The zero-order chi connectivity index (χ0) is 14.9. The van der Waals surface area contributed by atoms with Crippen molar-refractivity contribution in [2.24, 2.45) is 13.0 Å². The minimum atomic E-state index is 0.609. The Morgan fingerprint density at radius 2 is 2.18 bits per heavy atom. The Hall–Kier alpha value is -2.50. The van der Waals surface area contributed by atoms with E-state index in [2.05, 4.69) is 30.9 Å². The molecule has 6 nitrogen and oxygen atoms in total. The van der Waals surface area contributed by atoms with Crippen LogP contribution in [0.4, 0.5) is 5.95 Å². The van der Waals surface area contributed by atoms with Crippen molar-refractivity contribution in [2.75, 3.05) is 18.0 Å². The molecule has 22 heavy (non-hydrogen) atoms. The zero-order valence-corrected chi connectivity index (χ0v) is 12.6. The first kappa shape index (κ1) is 13.2. The maximum absolute atomic E-state index is 4.59. The molecule has 1 unspecified atom stereocenters. The standard InChI is InChI=1S/C16H18N6/c1-21-11-19-15-14(21)9-18-16(20-15)22-7-5-12(10-22)8-13-4-2-3-6-17-13/h2-4,6,9,11-12H,5,7-8,10H2,1H3. The number of aromatic nitrogens is 5. The molecule has 112 valence electrons. The van der Waals surface area contributed by atoms with Crippen molar-refractivity contribution < 1.29 is 0 Å². The molecule has 1 fully saturated rings. The van der Waals surface area contributed by atoms with E-state index in [0.717, 1.165) is 48.7 Å². The number of imidazole rings is 1. The fourth-order valence-electron chi connectivity index (χ4n) is 3.05. The van der Waals surface area contributed by atoms with Gasteiger partial charge < -0.3 is 9.47 Å². The van der Waals surface area contributed by atoms with E-state index in [-0.39, 0.29) is 0 Å². The van der Waals surface area contributed by atoms with E-state index < -0.39 is 0 Å². The summed E-state index contributed by atoms with van der Waals surface area (Å²) < 4.78 is 1.94. The first-order chi connectivity index (χ1) is 10.8. The third-order valence-corrected chi connectivity index (χ3v) is 4.26. The van der Waals surface area contributed by atoms with E-state index in [4.69, 9.17) is 0 Å². The summed E-state index contributed by atoms with van der Waals surface area (Å²) in [5.41, 5.74) is 2.89. The average molecular weight is 294 g/mol. The molecule has 1 aliphatic rings. The van der Waals surface area contributed by atoms with Gasteiger partial charge in [0.05, 0.1) is 12.5 Å². The van der Waals surface area contributed by atoms with E-state index in [0.29, 0.717) is 5.92 Å². The molecule has 1 saturated heterocycles. The molecule has 4 rings (SSSR count). The Morgan fingerprint density at radius 1 is 1.23 bits per heavy atom. The highest BCUT2D eigenvalue weighted by molar-refractivity contribution is 5.70. The van der Waals surface area contributed by atoms with Gasteiger partial charge >= 0.3 is 0 Å². The number of fused-ring (bicyclic) bond motifs is 1. The number of aryl methyl sites for hydroxylation is 1. The SMILES string of the molecule is Cn1cnc2nc(N3CCC(Cc4ccccn4)C3)ncc21. The highest BCUT2D eigenvalue weighted by Gasteiger charge is 2.25.